The van der Waals surface area contributed by atoms with Gasteiger partial charge in [-0.25, -0.2) is 0 Å². The van der Waals surface area contributed by atoms with Crippen molar-refractivity contribution in [1.29, 1.82) is 0 Å². The van der Waals surface area contributed by atoms with Crippen LogP contribution in [0.4, 0.5) is 13.2 Å². The summed E-state index contributed by atoms with van der Waals surface area (Å²) >= 11 is 0. The maximum Gasteiger partial charge on any atom is 0.534 e. The zero-order chi connectivity index (χ0) is 12.0. The highest BCUT2D eigenvalue weighted by molar-refractivity contribution is 7.87. The first kappa shape index (κ1) is 14.6. The zero-order valence-corrected chi connectivity index (χ0v) is 10.2. The zero-order valence-electron chi connectivity index (χ0n) is 8.53. The van der Waals surface area contributed by atoms with Crippen LogP contribution in [-0.4, -0.2) is 26.0 Å². The fourth-order valence-electron chi connectivity index (χ4n) is 1.93. The van der Waals surface area contributed by atoms with E-state index in [1.807, 2.05) is 0 Å². The molecule has 0 spiro atoms. The monoisotopic (exact) mass is 293 g/mol. The number of rotatable bonds is 2. The largest absolute Gasteiger partial charge is 0.534 e. The summed E-state index contributed by atoms with van der Waals surface area (Å²) in [5, 5.41) is 3.11. The molecule has 0 radical (unpaired) electrons. The lowest BCUT2D eigenvalue weighted by Gasteiger charge is -2.21. The lowest BCUT2D eigenvalue weighted by Crippen LogP contribution is -2.34. The van der Waals surface area contributed by atoms with Crippen molar-refractivity contribution in [3.05, 3.63) is 11.8 Å². The first-order valence-electron chi connectivity index (χ1n) is 4.75. The van der Waals surface area contributed by atoms with Crippen LogP contribution in [0.3, 0.4) is 0 Å². The summed E-state index contributed by atoms with van der Waals surface area (Å²) in [6.45, 7) is 0. The molecule has 0 saturated carbocycles. The maximum absolute atomic E-state index is 12.0. The summed E-state index contributed by atoms with van der Waals surface area (Å²) in [6, 6.07) is -0.0504. The molecule has 9 heteroatoms. The lowest BCUT2D eigenvalue weighted by atomic mass is 10.1. The Hall–Kier alpha value is -0.470. The van der Waals surface area contributed by atoms with Crippen molar-refractivity contribution in [2.24, 2.45) is 0 Å². The smallest absolute Gasteiger partial charge is 0.381 e. The molecule has 0 aromatic heterocycles. The van der Waals surface area contributed by atoms with Gasteiger partial charge in [0.25, 0.3) is 0 Å². The molecule has 100 valence electrons. The van der Waals surface area contributed by atoms with Gasteiger partial charge < -0.3 is 9.50 Å². The van der Waals surface area contributed by atoms with Crippen LogP contribution in [0, 0.1) is 0 Å². The van der Waals surface area contributed by atoms with Crippen LogP contribution in [0.1, 0.15) is 19.3 Å². The first-order valence-corrected chi connectivity index (χ1v) is 6.16. The van der Waals surface area contributed by atoms with Gasteiger partial charge in [-0.15, -0.1) is 12.4 Å². The van der Waals surface area contributed by atoms with Gasteiger partial charge in [0.15, 0.2) is 0 Å². The number of halogens is 4. The molecule has 0 amide bonds. The third kappa shape index (κ3) is 3.05. The standard InChI is InChI=1S/C8H10F3NO3S.ClH/c9-8(10,11)16(13,14)15-7-3-5-1-2-6(4-7)12-5;/h3,5-6,12H,1-2,4H2;1H. The molecule has 1 fully saturated rings. The van der Waals surface area contributed by atoms with Gasteiger partial charge in [-0.1, -0.05) is 0 Å². The van der Waals surface area contributed by atoms with Gasteiger partial charge in [-0.05, 0) is 18.9 Å². The topological polar surface area (TPSA) is 55.4 Å². The third-order valence-electron chi connectivity index (χ3n) is 2.61. The summed E-state index contributed by atoms with van der Waals surface area (Å²) in [5.74, 6) is -0.108. The van der Waals surface area contributed by atoms with Crippen molar-refractivity contribution in [2.45, 2.75) is 36.9 Å². The van der Waals surface area contributed by atoms with E-state index in [0.717, 1.165) is 12.8 Å². The number of alkyl halides is 3. The van der Waals surface area contributed by atoms with Gasteiger partial charge in [0.1, 0.15) is 5.76 Å². The average Bonchev–Trinajstić information content (AvgIpc) is 2.43. The highest BCUT2D eigenvalue weighted by Crippen LogP contribution is 2.32. The number of fused-ring (bicyclic) bond motifs is 2. The van der Waals surface area contributed by atoms with E-state index in [2.05, 4.69) is 9.50 Å². The minimum absolute atomic E-state index is 0. The fourth-order valence-corrected chi connectivity index (χ4v) is 2.43. The van der Waals surface area contributed by atoms with E-state index in [4.69, 9.17) is 0 Å². The highest BCUT2D eigenvalue weighted by Gasteiger charge is 2.49. The molecule has 0 aliphatic carbocycles. The van der Waals surface area contributed by atoms with Gasteiger partial charge in [0, 0.05) is 18.5 Å². The number of nitrogens with one attached hydrogen (secondary N) is 1. The molecule has 1 saturated heterocycles. The summed E-state index contributed by atoms with van der Waals surface area (Å²) in [4.78, 5) is 0. The predicted molar refractivity (Wildman–Crippen MR) is 56.0 cm³/mol. The van der Waals surface area contributed by atoms with E-state index in [1.165, 1.54) is 6.08 Å². The summed E-state index contributed by atoms with van der Waals surface area (Å²) in [6.07, 6.45) is 3.21. The lowest BCUT2D eigenvalue weighted by molar-refractivity contribution is -0.0524. The predicted octanol–water partition coefficient (Wildman–Crippen LogP) is 1.68. The molecule has 2 aliphatic heterocycles. The van der Waals surface area contributed by atoms with Crippen molar-refractivity contribution < 1.29 is 25.8 Å². The molecule has 1 N–H and O–H groups in total. The molecule has 4 nitrogen and oxygen atoms in total. The van der Waals surface area contributed by atoms with Gasteiger partial charge in [-0.2, -0.15) is 21.6 Å². The van der Waals surface area contributed by atoms with Crippen LogP contribution < -0.4 is 5.32 Å². The van der Waals surface area contributed by atoms with Crippen molar-refractivity contribution in [3.8, 4) is 0 Å². The SMILES string of the molecule is Cl.O=S(=O)(OC1=CC2CCC(C1)N2)C(F)(F)F. The molecule has 2 rings (SSSR count). The van der Waals surface area contributed by atoms with E-state index in [0.29, 0.717) is 0 Å². The molecule has 2 bridgehead atoms. The van der Waals surface area contributed by atoms with E-state index < -0.39 is 15.6 Å². The van der Waals surface area contributed by atoms with E-state index in [9.17, 15) is 21.6 Å². The molecule has 0 aromatic carbocycles. The van der Waals surface area contributed by atoms with Crippen molar-refractivity contribution in [1.82, 2.24) is 5.32 Å². The van der Waals surface area contributed by atoms with Crippen molar-refractivity contribution >= 4 is 22.5 Å². The highest BCUT2D eigenvalue weighted by atomic mass is 35.5. The molecular weight excluding hydrogens is 283 g/mol. The van der Waals surface area contributed by atoms with E-state index in [-0.39, 0.29) is 36.7 Å². The molecule has 17 heavy (non-hydrogen) atoms. The molecule has 2 atom stereocenters. The minimum atomic E-state index is -5.51. The second-order valence-corrected chi connectivity index (χ2v) is 5.41. The van der Waals surface area contributed by atoms with Gasteiger partial charge in [0.2, 0.25) is 0 Å². The third-order valence-corrected chi connectivity index (χ3v) is 3.61. The van der Waals surface area contributed by atoms with Crippen LogP contribution in [0.15, 0.2) is 11.8 Å². The quantitative estimate of drug-likeness (QED) is 0.622. The fraction of sp³-hybridized carbons (Fsp3) is 0.750. The number of hydrogen-bond donors (Lipinski definition) is 1. The summed E-state index contributed by atoms with van der Waals surface area (Å²) in [5.41, 5.74) is -5.36. The van der Waals surface area contributed by atoms with Gasteiger partial charge in [0.05, 0.1) is 0 Å². The van der Waals surface area contributed by atoms with Crippen LogP contribution in [0.25, 0.3) is 0 Å². The molecule has 2 unspecified atom stereocenters. The molecule has 0 aromatic rings. The Morgan fingerprint density at radius 3 is 2.53 bits per heavy atom. The molecular formula is C8H11ClF3NO3S. The van der Waals surface area contributed by atoms with E-state index >= 15 is 0 Å². The van der Waals surface area contributed by atoms with Crippen LogP contribution in [0.5, 0.6) is 0 Å². The summed E-state index contributed by atoms with van der Waals surface area (Å²) < 4.78 is 61.7. The maximum atomic E-state index is 12.0. The van der Waals surface area contributed by atoms with Crippen molar-refractivity contribution in [3.63, 3.8) is 0 Å². The van der Waals surface area contributed by atoms with Crippen molar-refractivity contribution in [2.75, 3.05) is 0 Å². The normalized spacial score (nSPS) is 28.3. The van der Waals surface area contributed by atoms with E-state index in [1.54, 1.807) is 0 Å². The van der Waals surface area contributed by atoms with Crippen LogP contribution in [-0.2, 0) is 14.3 Å². The second-order valence-electron chi connectivity index (χ2n) is 3.87. The Bertz CT molecular complexity index is 420. The van der Waals surface area contributed by atoms with Gasteiger partial charge >= 0.3 is 15.6 Å². The van der Waals surface area contributed by atoms with Crippen LogP contribution in [0.2, 0.25) is 0 Å². The Balaban J connectivity index is 0.00000144. The number of hydrogen-bond acceptors (Lipinski definition) is 4. The van der Waals surface area contributed by atoms with Crippen LogP contribution >= 0.6 is 12.4 Å². The second kappa shape index (κ2) is 4.66. The Morgan fingerprint density at radius 2 is 2.00 bits per heavy atom. The Labute approximate surface area is 103 Å². The summed E-state index contributed by atoms with van der Waals surface area (Å²) in [7, 11) is -5.51. The first-order chi connectivity index (χ1) is 7.28. The average molecular weight is 294 g/mol. The van der Waals surface area contributed by atoms with Gasteiger partial charge in [-0.3, -0.25) is 0 Å². The Morgan fingerprint density at radius 1 is 1.35 bits per heavy atom. The Kier molecular flexibility index (Phi) is 4.00. The molecule has 2 heterocycles. The molecule has 2 aliphatic rings. The minimum Gasteiger partial charge on any atom is -0.381 e.